The van der Waals surface area contributed by atoms with Gasteiger partial charge in [0.25, 0.3) is 0 Å². The molecule has 0 saturated carbocycles. The SMILES string of the molecule is CC(C)(C)B(O)OC(C)(C)C(C)(C)O. The summed E-state index contributed by atoms with van der Waals surface area (Å²) in [4.78, 5) is 0. The van der Waals surface area contributed by atoms with Crippen molar-refractivity contribution in [3.63, 3.8) is 0 Å². The first-order valence-electron chi connectivity index (χ1n) is 4.96. The van der Waals surface area contributed by atoms with E-state index in [1.807, 2.05) is 20.8 Å². The van der Waals surface area contributed by atoms with Crippen LogP contribution in [-0.4, -0.2) is 28.5 Å². The summed E-state index contributed by atoms with van der Waals surface area (Å²) < 4.78 is 5.47. The lowest BCUT2D eigenvalue weighted by molar-refractivity contribution is -0.102. The summed E-state index contributed by atoms with van der Waals surface area (Å²) in [5.74, 6) is 0. The molecule has 0 aliphatic rings. The van der Waals surface area contributed by atoms with Crippen LogP contribution in [0.25, 0.3) is 0 Å². The lowest BCUT2D eigenvalue weighted by atomic mass is 9.61. The van der Waals surface area contributed by atoms with Gasteiger partial charge in [-0.1, -0.05) is 20.8 Å². The minimum Gasteiger partial charge on any atom is -0.427 e. The van der Waals surface area contributed by atoms with E-state index >= 15 is 0 Å². The lowest BCUT2D eigenvalue weighted by Gasteiger charge is -2.40. The maximum atomic E-state index is 9.82. The highest BCUT2D eigenvalue weighted by molar-refractivity contribution is 6.46. The van der Waals surface area contributed by atoms with Gasteiger partial charge in [-0.25, -0.2) is 0 Å². The molecule has 0 rings (SSSR count). The molecule has 3 nitrogen and oxygen atoms in total. The minimum atomic E-state index is -0.987. The Morgan fingerprint density at radius 1 is 0.929 bits per heavy atom. The Hall–Kier alpha value is -0.0551. The van der Waals surface area contributed by atoms with Crippen molar-refractivity contribution in [3.8, 4) is 0 Å². The van der Waals surface area contributed by atoms with Crippen molar-refractivity contribution in [2.24, 2.45) is 0 Å². The van der Waals surface area contributed by atoms with Gasteiger partial charge >= 0.3 is 7.12 Å². The van der Waals surface area contributed by atoms with Crippen LogP contribution in [0.4, 0.5) is 0 Å². The largest absolute Gasteiger partial charge is 0.460 e. The predicted octanol–water partition coefficient (Wildman–Crippen LogP) is 1.83. The zero-order chi connectivity index (χ0) is 11.8. The molecule has 0 saturated heterocycles. The van der Waals surface area contributed by atoms with E-state index < -0.39 is 18.3 Å². The van der Waals surface area contributed by atoms with E-state index in [1.165, 1.54) is 0 Å². The molecule has 84 valence electrons. The molecule has 0 bridgehead atoms. The summed E-state index contributed by atoms with van der Waals surface area (Å²) in [6.45, 7) is 12.5. The van der Waals surface area contributed by atoms with E-state index in [2.05, 4.69) is 0 Å². The summed E-state index contributed by atoms with van der Waals surface area (Å²) in [6.07, 6.45) is 0. The monoisotopic (exact) mass is 202 g/mol. The summed E-state index contributed by atoms with van der Waals surface area (Å²) in [5, 5.41) is 19.2. The van der Waals surface area contributed by atoms with Gasteiger partial charge < -0.3 is 14.8 Å². The summed E-state index contributed by atoms with van der Waals surface area (Å²) >= 11 is 0. The Kier molecular flexibility index (Phi) is 3.82. The average molecular weight is 202 g/mol. The fourth-order valence-corrected chi connectivity index (χ4v) is 0.600. The summed E-state index contributed by atoms with van der Waals surface area (Å²) in [6, 6.07) is 0. The Labute approximate surface area is 87.6 Å². The molecule has 0 aromatic heterocycles. The summed E-state index contributed by atoms with van der Waals surface area (Å²) in [7, 11) is -0.885. The molecule has 0 aromatic rings. The molecule has 0 fully saturated rings. The molecule has 0 radical (unpaired) electrons. The van der Waals surface area contributed by atoms with Crippen LogP contribution in [-0.2, 0) is 4.65 Å². The van der Waals surface area contributed by atoms with E-state index in [4.69, 9.17) is 4.65 Å². The first kappa shape index (κ1) is 13.9. The third-order valence-electron chi connectivity index (χ3n) is 2.62. The van der Waals surface area contributed by atoms with E-state index in [1.54, 1.807) is 27.7 Å². The average Bonchev–Trinajstić information content (AvgIpc) is 1.80. The summed E-state index contributed by atoms with van der Waals surface area (Å²) in [5.41, 5.74) is -1.76. The molecule has 0 aliphatic carbocycles. The predicted molar refractivity (Wildman–Crippen MR) is 59.1 cm³/mol. The van der Waals surface area contributed by atoms with E-state index in [-0.39, 0.29) is 5.31 Å². The van der Waals surface area contributed by atoms with Crippen molar-refractivity contribution in [1.82, 2.24) is 0 Å². The topological polar surface area (TPSA) is 49.7 Å². The third kappa shape index (κ3) is 3.60. The highest BCUT2D eigenvalue weighted by Crippen LogP contribution is 2.32. The minimum absolute atomic E-state index is 0.345. The van der Waals surface area contributed by atoms with Crippen molar-refractivity contribution in [3.05, 3.63) is 0 Å². The molecule has 0 aromatic carbocycles. The fourth-order valence-electron chi connectivity index (χ4n) is 0.600. The van der Waals surface area contributed by atoms with Gasteiger partial charge in [-0.2, -0.15) is 0 Å². The smallest absolute Gasteiger partial charge is 0.427 e. The maximum Gasteiger partial charge on any atom is 0.460 e. The van der Waals surface area contributed by atoms with Crippen LogP contribution < -0.4 is 0 Å². The van der Waals surface area contributed by atoms with Crippen LogP contribution in [0.3, 0.4) is 0 Å². The molecule has 0 unspecified atom stereocenters. The second-order valence-corrected chi connectivity index (χ2v) is 5.91. The Morgan fingerprint density at radius 2 is 1.29 bits per heavy atom. The van der Waals surface area contributed by atoms with Crippen LogP contribution in [0.1, 0.15) is 48.5 Å². The fraction of sp³-hybridized carbons (Fsp3) is 1.00. The van der Waals surface area contributed by atoms with Gasteiger partial charge in [-0.15, -0.1) is 0 Å². The Balaban J connectivity index is 4.53. The molecular formula is C10H23BO3. The van der Waals surface area contributed by atoms with Crippen LogP contribution in [0, 0.1) is 0 Å². The van der Waals surface area contributed by atoms with E-state index in [0.29, 0.717) is 0 Å². The molecular weight excluding hydrogens is 179 g/mol. The van der Waals surface area contributed by atoms with Gasteiger partial charge in [0.1, 0.15) is 0 Å². The van der Waals surface area contributed by atoms with Gasteiger partial charge in [-0.3, -0.25) is 0 Å². The first-order valence-corrected chi connectivity index (χ1v) is 4.96. The molecule has 0 spiro atoms. The van der Waals surface area contributed by atoms with Gasteiger partial charge in [0, 0.05) is 0 Å². The number of hydrogen-bond donors (Lipinski definition) is 2. The lowest BCUT2D eigenvalue weighted by Crippen LogP contribution is -2.52. The molecule has 14 heavy (non-hydrogen) atoms. The molecule has 0 heterocycles. The van der Waals surface area contributed by atoms with Crippen LogP contribution in [0.15, 0.2) is 0 Å². The normalized spacial score (nSPS) is 14.4. The van der Waals surface area contributed by atoms with Crippen molar-refractivity contribution in [2.45, 2.75) is 65.0 Å². The second kappa shape index (κ2) is 3.84. The van der Waals surface area contributed by atoms with Crippen molar-refractivity contribution in [1.29, 1.82) is 0 Å². The molecule has 0 atom stereocenters. The van der Waals surface area contributed by atoms with Gasteiger partial charge in [0.15, 0.2) is 0 Å². The molecule has 4 heteroatoms. The maximum absolute atomic E-state index is 9.82. The highest BCUT2D eigenvalue weighted by atomic mass is 16.5. The van der Waals surface area contributed by atoms with Crippen molar-refractivity contribution < 1.29 is 14.8 Å². The third-order valence-corrected chi connectivity index (χ3v) is 2.62. The van der Waals surface area contributed by atoms with Crippen LogP contribution in [0.2, 0.25) is 5.31 Å². The van der Waals surface area contributed by atoms with Gasteiger partial charge in [-0.05, 0) is 33.0 Å². The quantitative estimate of drug-likeness (QED) is 0.686. The second-order valence-electron chi connectivity index (χ2n) is 5.91. The highest BCUT2D eigenvalue weighted by Gasteiger charge is 2.42. The van der Waals surface area contributed by atoms with E-state index in [9.17, 15) is 10.1 Å². The van der Waals surface area contributed by atoms with Crippen molar-refractivity contribution >= 4 is 7.12 Å². The van der Waals surface area contributed by atoms with Crippen LogP contribution >= 0.6 is 0 Å². The molecule has 0 aliphatic heterocycles. The van der Waals surface area contributed by atoms with Crippen LogP contribution in [0.5, 0.6) is 0 Å². The van der Waals surface area contributed by atoms with Gasteiger partial charge in [0.05, 0.1) is 11.2 Å². The van der Waals surface area contributed by atoms with E-state index in [0.717, 1.165) is 0 Å². The molecule has 0 amide bonds. The standard InChI is InChI=1S/C10H23BO3/c1-8(2,3)11(13)14-10(6,7)9(4,5)12/h12-13H,1-7H3. The number of hydrogen-bond acceptors (Lipinski definition) is 3. The van der Waals surface area contributed by atoms with Crippen molar-refractivity contribution in [2.75, 3.05) is 0 Å². The Bertz CT molecular complexity index is 189. The first-order chi connectivity index (χ1) is 5.88. The number of rotatable bonds is 3. The number of aliphatic hydroxyl groups is 1. The Morgan fingerprint density at radius 3 is 1.50 bits per heavy atom. The van der Waals surface area contributed by atoms with Gasteiger partial charge in [0.2, 0.25) is 0 Å². The zero-order valence-corrected chi connectivity index (χ0v) is 10.4. The zero-order valence-electron chi connectivity index (χ0n) is 10.4. The molecule has 2 N–H and O–H groups in total.